The number of aryl methyl sites for hydroxylation is 1. The summed E-state index contributed by atoms with van der Waals surface area (Å²) in [5, 5.41) is 8.92. The zero-order valence-corrected chi connectivity index (χ0v) is 11.0. The molecule has 0 unspecified atom stereocenters. The van der Waals surface area contributed by atoms with Crippen molar-refractivity contribution in [3.05, 3.63) is 16.5 Å². The number of unbranched alkanes of at least 4 members (excludes halogenated alkanes) is 1. The fourth-order valence-electron chi connectivity index (χ4n) is 1.26. The van der Waals surface area contributed by atoms with Crippen molar-refractivity contribution in [2.75, 3.05) is 0 Å². The number of thiophene rings is 1. The molecule has 0 aliphatic heterocycles. The fraction of sp³-hybridized carbons (Fsp3) is 0.444. The molecule has 1 heterocycles. The summed E-state index contributed by atoms with van der Waals surface area (Å²) in [6.07, 6.45) is 2.29. The van der Waals surface area contributed by atoms with Crippen molar-refractivity contribution in [2.24, 2.45) is 0 Å². The minimum Gasteiger partial charge on any atom is -0.477 e. The lowest BCUT2D eigenvalue weighted by Crippen LogP contribution is -1.97. The van der Waals surface area contributed by atoms with E-state index >= 15 is 0 Å². The summed E-state index contributed by atoms with van der Waals surface area (Å²) in [6.45, 7) is 1.98. The molecule has 0 aliphatic carbocycles. The van der Waals surface area contributed by atoms with Crippen LogP contribution in [0.2, 0.25) is 0 Å². The predicted octanol–water partition coefficient (Wildman–Crippen LogP) is 2.72. The molecule has 0 bridgehead atoms. The number of rotatable bonds is 5. The SMILES string of the molecule is CCCCc1cc(S(=O)(=O)Cl)sc1C(=O)O. The van der Waals surface area contributed by atoms with E-state index in [1.807, 2.05) is 6.92 Å². The van der Waals surface area contributed by atoms with Crippen LogP contribution in [-0.4, -0.2) is 19.5 Å². The van der Waals surface area contributed by atoms with Crippen LogP contribution in [0.15, 0.2) is 10.3 Å². The largest absolute Gasteiger partial charge is 0.477 e. The van der Waals surface area contributed by atoms with Crippen LogP contribution >= 0.6 is 22.0 Å². The van der Waals surface area contributed by atoms with E-state index in [-0.39, 0.29) is 9.09 Å². The maximum atomic E-state index is 11.1. The fourth-order valence-corrected chi connectivity index (χ4v) is 3.39. The summed E-state index contributed by atoms with van der Waals surface area (Å²) < 4.78 is 22.1. The van der Waals surface area contributed by atoms with Gasteiger partial charge in [-0.1, -0.05) is 13.3 Å². The summed E-state index contributed by atoms with van der Waals surface area (Å²) in [4.78, 5) is 11.0. The van der Waals surface area contributed by atoms with Gasteiger partial charge in [0.05, 0.1) is 0 Å². The van der Waals surface area contributed by atoms with Crippen molar-refractivity contribution in [3.63, 3.8) is 0 Å². The molecule has 7 heteroatoms. The minimum absolute atomic E-state index is 0.0627. The molecule has 0 aliphatic rings. The van der Waals surface area contributed by atoms with Crippen molar-refractivity contribution < 1.29 is 18.3 Å². The average Bonchev–Trinajstić information content (AvgIpc) is 2.57. The lowest BCUT2D eigenvalue weighted by molar-refractivity contribution is 0.0701. The Labute approximate surface area is 102 Å². The second-order valence-electron chi connectivity index (χ2n) is 3.27. The van der Waals surface area contributed by atoms with Crippen LogP contribution in [-0.2, 0) is 15.5 Å². The molecular weight excluding hydrogens is 272 g/mol. The van der Waals surface area contributed by atoms with Gasteiger partial charge in [0.15, 0.2) is 0 Å². The first-order valence-electron chi connectivity index (χ1n) is 4.67. The molecule has 0 spiro atoms. The molecule has 0 amide bonds. The highest BCUT2D eigenvalue weighted by Gasteiger charge is 2.21. The van der Waals surface area contributed by atoms with Gasteiger partial charge < -0.3 is 5.11 Å². The Kier molecular flexibility index (Phi) is 4.35. The third-order valence-corrected chi connectivity index (χ3v) is 5.26. The van der Waals surface area contributed by atoms with Crippen LogP contribution in [0.5, 0.6) is 0 Å². The zero-order chi connectivity index (χ0) is 12.3. The van der Waals surface area contributed by atoms with E-state index in [0.717, 1.165) is 12.8 Å². The van der Waals surface area contributed by atoms with Gasteiger partial charge in [-0.05, 0) is 24.5 Å². The molecular formula is C9H11ClO4S2. The average molecular weight is 283 g/mol. The third-order valence-electron chi connectivity index (χ3n) is 2.02. The Morgan fingerprint density at radius 2 is 2.19 bits per heavy atom. The highest BCUT2D eigenvalue weighted by Crippen LogP contribution is 2.29. The highest BCUT2D eigenvalue weighted by molar-refractivity contribution is 8.15. The zero-order valence-electron chi connectivity index (χ0n) is 8.57. The van der Waals surface area contributed by atoms with Gasteiger partial charge in [-0.15, -0.1) is 11.3 Å². The maximum Gasteiger partial charge on any atom is 0.346 e. The summed E-state index contributed by atoms with van der Waals surface area (Å²) in [5.74, 6) is -1.11. The number of hydrogen-bond acceptors (Lipinski definition) is 4. The van der Waals surface area contributed by atoms with Gasteiger partial charge in [-0.3, -0.25) is 0 Å². The Morgan fingerprint density at radius 3 is 2.62 bits per heavy atom. The quantitative estimate of drug-likeness (QED) is 0.843. The first kappa shape index (κ1) is 13.5. The van der Waals surface area contributed by atoms with E-state index < -0.39 is 15.0 Å². The first-order chi connectivity index (χ1) is 7.36. The van der Waals surface area contributed by atoms with Gasteiger partial charge in [0.25, 0.3) is 9.05 Å². The number of aromatic carboxylic acids is 1. The minimum atomic E-state index is -3.84. The highest BCUT2D eigenvalue weighted by atomic mass is 35.7. The summed E-state index contributed by atoms with van der Waals surface area (Å²) in [7, 11) is 1.34. The van der Waals surface area contributed by atoms with Gasteiger partial charge in [0, 0.05) is 10.7 Å². The van der Waals surface area contributed by atoms with Gasteiger partial charge in [0.1, 0.15) is 9.09 Å². The van der Waals surface area contributed by atoms with Crippen LogP contribution in [0.3, 0.4) is 0 Å². The second kappa shape index (κ2) is 5.16. The smallest absolute Gasteiger partial charge is 0.346 e. The van der Waals surface area contributed by atoms with Crippen LogP contribution in [0.1, 0.15) is 35.0 Å². The standard InChI is InChI=1S/C9H11ClO4S2/c1-2-3-4-6-5-7(16(10,13)14)15-8(6)9(11)12/h5H,2-4H2,1H3,(H,11,12). The van der Waals surface area contributed by atoms with E-state index in [0.29, 0.717) is 23.3 Å². The molecule has 4 nitrogen and oxygen atoms in total. The molecule has 1 aromatic heterocycles. The number of carboxylic acids is 1. The van der Waals surface area contributed by atoms with Crippen molar-refractivity contribution in [3.8, 4) is 0 Å². The molecule has 1 aromatic rings. The molecule has 0 saturated heterocycles. The topological polar surface area (TPSA) is 71.4 Å². The lowest BCUT2D eigenvalue weighted by Gasteiger charge is -1.96. The van der Waals surface area contributed by atoms with Gasteiger partial charge in [0.2, 0.25) is 0 Å². The van der Waals surface area contributed by atoms with Gasteiger partial charge in [-0.25, -0.2) is 13.2 Å². The number of hydrogen-bond donors (Lipinski definition) is 1. The van der Waals surface area contributed by atoms with E-state index in [1.54, 1.807) is 0 Å². The Balaban J connectivity index is 3.15. The first-order valence-corrected chi connectivity index (χ1v) is 7.79. The summed E-state index contributed by atoms with van der Waals surface area (Å²) in [6, 6.07) is 1.35. The van der Waals surface area contributed by atoms with E-state index in [4.69, 9.17) is 15.8 Å². The van der Waals surface area contributed by atoms with Gasteiger partial charge >= 0.3 is 5.97 Å². The number of carboxylic acid groups (broad SMARTS) is 1. The molecule has 16 heavy (non-hydrogen) atoms. The normalized spacial score (nSPS) is 11.6. The Bertz CT molecular complexity index is 490. The second-order valence-corrected chi connectivity index (χ2v) is 7.11. The van der Waals surface area contributed by atoms with Crippen molar-refractivity contribution in [1.82, 2.24) is 0 Å². The number of carbonyl (C=O) groups is 1. The lowest BCUT2D eigenvalue weighted by atomic mass is 10.1. The van der Waals surface area contributed by atoms with Crippen molar-refractivity contribution in [2.45, 2.75) is 30.4 Å². The molecule has 1 rings (SSSR count). The molecule has 0 saturated carbocycles. The van der Waals surface area contributed by atoms with Crippen molar-refractivity contribution >= 4 is 37.0 Å². The Hall–Kier alpha value is -0.590. The molecule has 0 atom stereocenters. The summed E-state index contributed by atoms with van der Waals surface area (Å²) in [5.41, 5.74) is 0.540. The van der Waals surface area contributed by atoms with Crippen LogP contribution in [0, 0.1) is 0 Å². The molecule has 90 valence electrons. The van der Waals surface area contributed by atoms with E-state index in [2.05, 4.69) is 0 Å². The van der Waals surface area contributed by atoms with Crippen molar-refractivity contribution in [1.29, 1.82) is 0 Å². The molecule has 0 radical (unpaired) electrons. The molecule has 1 N–H and O–H groups in total. The Morgan fingerprint density at radius 1 is 1.56 bits per heavy atom. The number of halogens is 1. The maximum absolute atomic E-state index is 11.1. The third kappa shape index (κ3) is 3.20. The van der Waals surface area contributed by atoms with E-state index in [1.165, 1.54) is 6.07 Å². The van der Waals surface area contributed by atoms with Crippen LogP contribution in [0.4, 0.5) is 0 Å². The summed E-state index contributed by atoms with van der Waals surface area (Å²) >= 11 is 0.706. The van der Waals surface area contributed by atoms with Gasteiger partial charge in [-0.2, -0.15) is 0 Å². The van der Waals surface area contributed by atoms with Crippen LogP contribution in [0.25, 0.3) is 0 Å². The van der Waals surface area contributed by atoms with Crippen LogP contribution < -0.4 is 0 Å². The predicted molar refractivity (Wildman–Crippen MR) is 62.9 cm³/mol. The monoisotopic (exact) mass is 282 g/mol. The molecule has 0 fully saturated rings. The molecule has 0 aromatic carbocycles. The van der Waals surface area contributed by atoms with E-state index in [9.17, 15) is 13.2 Å².